The SMILES string of the molecule is CCc1n(/N=C/c2ccc(N(C)C)cc2)cc[n+]1/N=C/c1ccc([N+](=O)[O-])cc1.[Cl-]. The lowest BCUT2D eigenvalue weighted by Gasteiger charge is -2.11. The van der Waals surface area contributed by atoms with Gasteiger partial charge in [-0.25, -0.2) is 0 Å². The van der Waals surface area contributed by atoms with Crippen molar-refractivity contribution in [1.82, 2.24) is 4.68 Å². The number of nitro benzene ring substituents is 1. The van der Waals surface area contributed by atoms with Crippen molar-refractivity contribution in [2.24, 2.45) is 10.2 Å². The molecule has 0 unspecified atom stereocenters. The zero-order chi connectivity index (χ0) is 20.8. The number of nitrogens with zero attached hydrogens (tertiary/aromatic N) is 6. The number of benzene rings is 2. The first kappa shape index (κ1) is 22.8. The Morgan fingerprint density at radius 2 is 1.67 bits per heavy atom. The fourth-order valence-electron chi connectivity index (χ4n) is 2.74. The van der Waals surface area contributed by atoms with E-state index in [1.54, 1.807) is 27.7 Å². The number of halogens is 1. The van der Waals surface area contributed by atoms with Gasteiger partial charge in [-0.2, -0.15) is 0 Å². The minimum atomic E-state index is -0.420. The molecule has 8 nitrogen and oxygen atoms in total. The summed E-state index contributed by atoms with van der Waals surface area (Å²) < 4.78 is 3.53. The molecule has 2 aromatic carbocycles. The van der Waals surface area contributed by atoms with E-state index in [1.165, 1.54) is 12.1 Å². The minimum absolute atomic E-state index is 0. The van der Waals surface area contributed by atoms with Crippen molar-refractivity contribution < 1.29 is 22.0 Å². The van der Waals surface area contributed by atoms with Crippen LogP contribution in [0.15, 0.2) is 71.1 Å². The quantitative estimate of drug-likeness (QED) is 0.232. The van der Waals surface area contributed by atoms with Crippen LogP contribution in [0, 0.1) is 10.1 Å². The average Bonchev–Trinajstić information content (AvgIpc) is 3.13. The number of imidazole rings is 1. The lowest BCUT2D eigenvalue weighted by atomic mass is 10.2. The van der Waals surface area contributed by atoms with Crippen LogP contribution in [0.1, 0.15) is 23.9 Å². The molecule has 156 valence electrons. The molecule has 1 heterocycles. The first-order valence-corrected chi connectivity index (χ1v) is 9.20. The summed E-state index contributed by atoms with van der Waals surface area (Å²) in [7, 11) is 4.01. The standard InChI is InChI=1S/C21H23N6O2.ClH/c1-4-21-25(22-15-17-5-9-19(10-6-17)24(2)3)13-14-26(21)23-16-18-7-11-20(12-8-18)27(28)29;/h5-16H,4H2,1-3H3;1H/q+1;/p-1/b22-15+,23-16+;. The van der Waals surface area contributed by atoms with Gasteiger partial charge >= 0.3 is 5.82 Å². The Morgan fingerprint density at radius 3 is 2.23 bits per heavy atom. The zero-order valence-electron chi connectivity index (χ0n) is 17.0. The molecule has 0 N–H and O–H groups in total. The van der Waals surface area contributed by atoms with Gasteiger partial charge in [-0.1, -0.05) is 29.3 Å². The zero-order valence-corrected chi connectivity index (χ0v) is 17.8. The van der Waals surface area contributed by atoms with Gasteiger partial charge in [0.1, 0.15) is 0 Å². The Morgan fingerprint density at radius 1 is 1.07 bits per heavy atom. The van der Waals surface area contributed by atoms with Gasteiger partial charge < -0.3 is 17.3 Å². The summed E-state index contributed by atoms with van der Waals surface area (Å²) in [6, 6.07) is 14.4. The van der Waals surface area contributed by atoms with Crippen molar-refractivity contribution in [1.29, 1.82) is 0 Å². The third kappa shape index (κ3) is 5.51. The summed E-state index contributed by atoms with van der Waals surface area (Å²) in [6.07, 6.45) is 7.88. The van der Waals surface area contributed by atoms with Gasteiger partial charge in [0, 0.05) is 31.9 Å². The molecule has 0 atom stereocenters. The van der Waals surface area contributed by atoms with Crippen LogP contribution >= 0.6 is 0 Å². The maximum atomic E-state index is 10.7. The van der Waals surface area contributed by atoms with Gasteiger partial charge in [0.2, 0.25) is 0 Å². The fourth-order valence-corrected chi connectivity index (χ4v) is 2.74. The fraction of sp³-hybridized carbons (Fsp3) is 0.190. The topological polar surface area (TPSA) is 79.9 Å². The second-order valence-electron chi connectivity index (χ2n) is 6.58. The van der Waals surface area contributed by atoms with Crippen LogP contribution in [0.4, 0.5) is 11.4 Å². The Bertz CT molecular complexity index is 1040. The van der Waals surface area contributed by atoms with E-state index in [2.05, 4.69) is 10.2 Å². The molecule has 0 radical (unpaired) electrons. The first-order valence-electron chi connectivity index (χ1n) is 9.20. The predicted octanol–water partition coefficient (Wildman–Crippen LogP) is 0.0806. The highest BCUT2D eigenvalue weighted by Crippen LogP contribution is 2.12. The number of anilines is 1. The van der Waals surface area contributed by atoms with Crippen molar-refractivity contribution >= 4 is 23.8 Å². The average molecular weight is 427 g/mol. The summed E-state index contributed by atoms with van der Waals surface area (Å²) >= 11 is 0. The highest BCUT2D eigenvalue weighted by Gasteiger charge is 2.14. The number of aromatic nitrogens is 2. The second-order valence-corrected chi connectivity index (χ2v) is 6.58. The van der Waals surface area contributed by atoms with E-state index < -0.39 is 4.92 Å². The number of nitro groups is 1. The lowest BCUT2D eigenvalue weighted by molar-refractivity contribution is -0.685. The van der Waals surface area contributed by atoms with Crippen molar-refractivity contribution in [2.75, 3.05) is 19.0 Å². The van der Waals surface area contributed by atoms with Crippen LogP contribution in [-0.2, 0) is 6.42 Å². The maximum absolute atomic E-state index is 10.7. The summed E-state index contributed by atoms with van der Waals surface area (Å²) in [4.78, 5) is 12.4. The molecule has 0 amide bonds. The Kier molecular flexibility index (Phi) is 7.83. The molecule has 0 aliphatic rings. The van der Waals surface area contributed by atoms with Gasteiger partial charge in [0.05, 0.1) is 23.8 Å². The molecule has 1 aromatic heterocycles. The van der Waals surface area contributed by atoms with E-state index in [0.29, 0.717) is 0 Å². The number of hydrogen-bond donors (Lipinski definition) is 0. The summed E-state index contributed by atoms with van der Waals surface area (Å²) in [5.74, 6) is 0.907. The third-order valence-corrected chi connectivity index (χ3v) is 4.37. The predicted molar refractivity (Wildman–Crippen MR) is 114 cm³/mol. The van der Waals surface area contributed by atoms with Crippen LogP contribution in [0.3, 0.4) is 0 Å². The Balaban J connectivity index is 0.00000320. The van der Waals surface area contributed by atoms with Crippen molar-refractivity contribution in [3.05, 3.63) is 88.0 Å². The van der Waals surface area contributed by atoms with E-state index in [4.69, 9.17) is 0 Å². The van der Waals surface area contributed by atoms with E-state index in [0.717, 1.165) is 29.1 Å². The molecular formula is C21H23ClN6O2. The first-order chi connectivity index (χ1) is 14.0. The van der Waals surface area contributed by atoms with Gasteiger partial charge in [0.25, 0.3) is 5.69 Å². The van der Waals surface area contributed by atoms with Crippen LogP contribution in [-0.4, -0.2) is 36.1 Å². The van der Waals surface area contributed by atoms with Crippen molar-refractivity contribution in [3.63, 3.8) is 0 Å². The van der Waals surface area contributed by atoms with E-state index >= 15 is 0 Å². The summed E-state index contributed by atoms with van der Waals surface area (Å²) in [5, 5.41) is 19.7. The minimum Gasteiger partial charge on any atom is -1.00 e. The molecule has 30 heavy (non-hydrogen) atoms. The monoisotopic (exact) mass is 426 g/mol. The largest absolute Gasteiger partial charge is 1.00 e. The molecule has 9 heteroatoms. The molecule has 0 saturated heterocycles. The van der Waals surface area contributed by atoms with Gasteiger partial charge in [-0.15, -0.1) is 9.35 Å². The molecule has 0 aliphatic carbocycles. The Hall–Kier alpha value is -3.52. The highest BCUT2D eigenvalue weighted by atomic mass is 35.5. The number of rotatable bonds is 7. The van der Waals surface area contributed by atoms with Crippen LogP contribution < -0.4 is 22.0 Å². The van der Waals surface area contributed by atoms with Gasteiger partial charge in [-0.05, 0) is 35.4 Å². The van der Waals surface area contributed by atoms with Crippen LogP contribution in [0.25, 0.3) is 0 Å². The summed E-state index contributed by atoms with van der Waals surface area (Å²) in [5.41, 5.74) is 2.98. The maximum Gasteiger partial charge on any atom is 0.307 e. The molecule has 3 rings (SSSR count). The number of non-ortho nitro benzene ring substituents is 1. The normalized spacial score (nSPS) is 11.0. The van der Waals surface area contributed by atoms with Crippen LogP contribution in [0.5, 0.6) is 0 Å². The molecule has 0 fully saturated rings. The highest BCUT2D eigenvalue weighted by molar-refractivity contribution is 5.80. The number of hydrogen-bond acceptors (Lipinski definition) is 5. The second kappa shape index (κ2) is 10.3. The molecule has 0 aliphatic heterocycles. The molecular weight excluding hydrogens is 404 g/mol. The molecule has 0 saturated carbocycles. The molecule has 3 aromatic rings. The van der Waals surface area contributed by atoms with Crippen LogP contribution in [0.2, 0.25) is 0 Å². The Labute approximate surface area is 181 Å². The molecule has 0 bridgehead atoms. The van der Waals surface area contributed by atoms with Gasteiger partial charge in [0.15, 0.2) is 12.4 Å². The van der Waals surface area contributed by atoms with Gasteiger partial charge in [-0.3, -0.25) is 10.1 Å². The van der Waals surface area contributed by atoms with E-state index in [9.17, 15) is 10.1 Å². The smallest absolute Gasteiger partial charge is 0.307 e. The van der Waals surface area contributed by atoms with E-state index in [1.807, 2.05) is 68.8 Å². The molecule has 0 spiro atoms. The third-order valence-electron chi connectivity index (χ3n) is 4.37. The summed E-state index contributed by atoms with van der Waals surface area (Å²) in [6.45, 7) is 2.03. The van der Waals surface area contributed by atoms with Crippen molar-refractivity contribution in [2.45, 2.75) is 13.3 Å². The van der Waals surface area contributed by atoms with Crippen molar-refractivity contribution in [3.8, 4) is 0 Å². The lowest BCUT2D eigenvalue weighted by Crippen LogP contribution is -3.00. The van der Waals surface area contributed by atoms with E-state index in [-0.39, 0.29) is 18.1 Å².